The van der Waals surface area contributed by atoms with Crippen molar-refractivity contribution >= 4 is 22.4 Å². The van der Waals surface area contributed by atoms with Crippen LogP contribution in [-0.2, 0) is 7.05 Å². The van der Waals surface area contributed by atoms with E-state index in [0.717, 1.165) is 27.3 Å². The average molecular weight is 374 g/mol. The van der Waals surface area contributed by atoms with Gasteiger partial charge in [-0.1, -0.05) is 72.0 Å². The molecular weight excluding hydrogens is 356 g/mol. The first-order chi connectivity index (χ1) is 13.1. The van der Waals surface area contributed by atoms with Gasteiger partial charge in [-0.15, -0.1) is 0 Å². The number of nitrogens with one attached hydrogen (secondary N) is 1. The van der Waals surface area contributed by atoms with Gasteiger partial charge >= 0.3 is 0 Å². The summed E-state index contributed by atoms with van der Waals surface area (Å²) >= 11 is 1.47. The molecule has 0 aliphatic carbocycles. The highest BCUT2D eigenvalue weighted by Crippen LogP contribution is 2.39. The van der Waals surface area contributed by atoms with E-state index in [2.05, 4.69) is 22.5 Å². The third-order valence-electron chi connectivity index (χ3n) is 4.27. The van der Waals surface area contributed by atoms with Crippen LogP contribution in [0.5, 0.6) is 0 Å². The minimum Gasteiger partial charge on any atom is -0.296 e. The minimum absolute atomic E-state index is 0.208. The second-order valence-electron chi connectivity index (χ2n) is 6.18. The lowest BCUT2D eigenvalue weighted by Gasteiger charge is -2.03. The van der Waals surface area contributed by atoms with E-state index in [0.29, 0.717) is 10.8 Å². The maximum atomic E-state index is 12.7. The summed E-state index contributed by atoms with van der Waals surface area (Å²) in [6, 6.07) is 20.1. The third kappa shape index (κ3) is 3.39. The molecule has 6 heteroatoms. The van der Waals surface area contributed by atoms with Crippen molar-refractivity contribution in [3.8, 4) is 21.7 Å². The Kier molecular flexibility index (Phi) is 4.56. The number of hydrogen-bond donors (Lipinski definition) is 1. The van der Waals surface area contributed by atoms with Crippen molar-refractivity contribution < 1.29 is 4.79 Å². The largest absolute Gasteiger partial charge is 0.296 e. The normalized spacial score (nSPS) is 10.7. The summed E-state index contributed by atoms with van der Waals surface area (Å²) in [5.41, 5.74) is 4.32. The average Bonchev–Trinajstić information content (AvgIpc) is 3.26. The zero-order valence-corrected chi connectivity index (χ0v) is 15.8. The van der Waals surface area contributed by atoms with E-state index in [1.165, 1.54) is 11.3 Å². The quantitative estimate of drug-likeness (QED) is 0.560. The van der Waals surface area contributed by atoms with Crippen molar-refractivity contribution in [2.75, 3.05) is 5.32 Å². The van der Waals surface area contributed by atoms with E-state index in [-0.39, 0.29) is 5.91 Å². The predicted octanol–water partition coefficient (Wildman–Crippen LogP) is 4.77. The van der Waals surface area contributed by atoms with Crippen molar-refractivity contribution in [2.24, 2.45) is 7.05 Å². The highest BCUT2D eigenvalue weighted by molar-refractivity contribution is 7.19. The standard InChI is InChI=1S/C21H18N4OS/c1-14-13-22-25(2)18(14)20(26)24-21-23-17(15-9-5-3-6-10-15)19(27-21)16-11-7-4-8-12-16/h3-13H,1-2H3,(H,23,24,26). The Labute approximate surface area is 161 Å². The van der Waals surface area contributed by atoms with Gasteiger partial charge in [0.15, 0.2) is 5.13 Å². The van der Waals surface area contributed by atoms with Crippen molar-refractivity contribution in [3.05, 3.63) is 78.1 Å². The SMILES string of the molecule is Cc1cnn(C)c1C(=O)Nc1nc(-c2ccccc2)c(-c2ccccc2)s1. The van der Waals surface area contributed by atoms with Crippen LogP contribution in [0, 0.1) is 6.92 Å². The number of aryl methyl sites for hydroxylation is 2. The summed E-state index contributed by atoms with van der Waals surface area (Å²) in [6.07, 6.45) is 1.68. The molecule has 2 aromatic heterocycles. The van der Waals surface area contributed by atoms with E-state index in [1.807, 2.05) is 55.5 Å². The maximum absolute atomic E-state index is 12.7. The molecule has 0 saturated heterocycles. The van der Waals surface area contributed by atoms with Gasteiger partial charge in [0.1, 0.15) is 5.69 Å². The lowest BCUT2D eigenvalue weighted by molar-refractivity contribution is 0.101. The lowest BCUT2D eigenvalue weighted by Crippen LogP contribution is -2.17. The van der Waals surface area contributed by atoms with Gasteiger partial charge in [0, 0.05) is 12.6 Å². The molecule has 0 saturated carbocycles. The fourth-order valence-electron chi connectivity index (χ4n) is 2.98. The number of amides is 1. The Morgan fingerprint density at radius 1 is 1.00 bits per heavy atom. The first-order valence-corrected chi connectivity index (χ1v) is 9.37. The van der Waals surface area contributed by atoms with Gasteiger partial charge in [-0.05, 0) is 18.1 Å². The van der Waals surface area contributed by atoms with E-state index >= 15 is 0 Å². The van der Waals surface area contributed by atoms with Gasteiger partial charge in [-0.2, -0.15) is 5.10 Å². The number of anilines is 1. The fraction of sp³-hybridized carbons (Fsp3) is 0.0952. The van der Waals surface area contributed by atoms with Crippen LogP contribution in [0.25, 0.3) is 21.7 Å². The molecule has 0 spiro atoms. The number of carbonyl (C=O) groups is 1. The molecule has 0 radical (unpaired) electrons. The Balaban J connectivity index is 1.75. The van der Waals surface area contributed by atoms with Crippen LogP contribution in [0.3, 0.4) is 0 Å². The number of aromatic nitrogens is 3. The topological polar surface area (TPSA) is 59.8 Å². The number of hydrogen-bond acceptors (Lipinski definition) is 4. The summed E-state index contributed by atoms with van der Waals surface area (Å²) in [5, 5.41) is 7.64. The molecule has 4 rings (SSSR count). The van der Waals surface area contributed by atoms with Crippen LogP contribution in [0.4, 0.5) is 5.13 Å². The molecule has 4 aromatic rings. The molecule has 0 fully saturated rings. The zero-order valence-electron chi connectivity index (χ0n) is 15.0. The highest BCUT2D eigenvalue weighted by atomic mass is 32.1. The van der Waals surface area contributed by atoms with Gasteiger partial charge in [0.05, 0.1) is 16.8 Å². The fourth-order valence-corrected chi connectivity index (χ4v) is 3.97. The summed E-state index contributed by atoms with van der Waals surface area (Å²) in [4.78, 5) is 18.5. The van der Waals surface area contributed by atoms with E-state index in [9.17, 15) is 4.79 Å². The first kappa shape index (κ1) is 17.2. The van der Waals surface area contributed by atoms with E-state index < -0.39 is 0 Å². The molecule has 0 aliphatic rings. The number of rotatable bonds is 4. The van der Waals surface area contributed by atoms with Crippen molar-refractivity contribution in [1.29, 1.82) is 0 Å². The van der Waals surface area contributed by atoms with Crippen molar-refractivity contribution in [3.63, 3.8) is 0 Å². The van der Waals surface area contributed by atoms with Crippen LogP contribution in [0.15, 0.2) is 66.9 Å². The van der Waals surface area contributed by atoms with Gasteiger partial charge in [0.25, 0.3) is 5.91 Å². The van der Waals surface area contributed by atoms with Crippen LogP contribution in [0.2, 0.25) is 0 Å². The van der Waals surface area contributed by atoms with E-state index in [4.69, 9.17) is 4.98 Å². The molecule has 0 aliphatic heterocycles. The Morgan fingerprint density at radius 3 is 2.22 bits per heavy atom. The summed E-state index contributed by atoms with van der Waals surface area (Å²) in [5.74, 6) is -0.208. The van der Waals surface area contributed by atoms with Gasteiger partial charge < -0.3 is 0 Å². The van der Waals surface area contributed by atoms with E-state index in [1.54, 1.807) is 17.9 Å². The van der Waals surface area contributed by atoms with Crippen LogP contribution in [-0.4, -0.2) is 20.7 Å². The van der Waals surface area contributed by atoms with Crippen molar-refractivity contribution in [2.45, 2.75) is 6.92 Å². The molecule has 1 amide bonds. The Hall–Kier alpha value is -3.25. The molecular formula is C21H18N4OS. The van der Waals surface area contributed by atoms with Gasteiger partial charge in [-0.25, -0.2) is 4.98 Å². The molecule has 0 unspecified atom stereocenters. The molecule has 2 heterocycles. The van der Waals surface area contributed by atoms with Gasteiger partial charge in [-0.3, -0.25) is 14.8 Å². The van der Waals surface area contributed by atoms with Crippen LogP contribution >= 0.6 is 11.3 Å². The van der Waals surface area contributed by atoms with Crippen molar-refractivity contribution in [1.82, 2.24) is 14.8 Å². The monoisotopic (exact) mass is 374 g/mol. The molecule has 0 bridgehead atoms. The Morgan fingerprint density at radius 2 is 1.63 bits per heavy atom. The molecule has 5 nitrogen and oxygen atoms in total. The number of carbonyl (C=O) groups excluding carboxylic acids is 1. The molecule has 2 aromatic carbocycles. The number of thiazole rings is 1. The smallest absolute Gasteiger partial charge is 0.275 e. The predicted molar refractivity (Wildman–Crippen MR) is 109 cm³/mol. The summed E-state index contributed by atoms with van der Waals surface area (Å²) in [7, 11) is 1.76. The number of nitrogens with zero attached hydrogens (tertiary/aromatic N) is 3. The second-order valence-corrected chi connectivity index (χ2v) is 7.18. The second kappa shape index (κ2) is 7.17. The van der Waals surface area contributed by atoms with Crippen LogP contribution in [0.1, 0.15) is 16.1 Å². The first-order valence-electron chi connectivity index (χ1n) is 8.55. The lowest BCUT2D eigenvalue weighted by atomic mass is 10.1. The minimum atomic E-state index is -0.208. The molecule has 27 heavy (non-hydrogen) atoms. The highest BCUT2D eigenvalue weighted by Gasteiger charge is 2.19. The molecule has 0 atom stereocenters. The number of benzene rings is 2. The zero-order chi connectivity index (χ0) is 18.8. The maximum Gasteiger partial charge on any atom is 0.275 e. The summed E-state index contributed by atoms with van der Waals surface area (Å²) in [6.45, 7) is 1.87. The molecule has 134 valence electrons. The summed E-state index contributed by atoms with van der Waals surface area (Å²) < 4.78 is 1.58. The molecule has 1 N–H and O–H groups in total. The Bertz CT molecular complexity index is 1010. The van der Waals surface area contributed by atoms with Gasteiger partial charge in [0.2, 0.25) is 0 Å². The van der Waals surface area contributed by atoms with Crippen LogP contribution < -0.4 is 5.32 Å². The third-order valence-corrected chi connectivity index (χ3v) is 5.29.